The molecule has 8 nitrogen and oxygen atoms in total. The molecule has 0 aliphatic carbocycles. The first-order valence-corrected chi connectivity index (χ1v) is 12.4. The van der Waals surface area contributed by atoms with Gasteiger partial charge in [-0.3, -0.25) is 9.58 Å². The quantitative estimate of drug-likeness (QED) is 0.273. The zero-order valence-electron chi connectivity index (χ0n) is 21.6. The molecule has 0 spiro atoms. The van der Waals surface area contributed by atoms with Crippen LogP contribution in [0, 0.1) is 23.7 Å². The number of allylic oxidation sites excluding steroid dienone is 2. The van der Waals surface area contributed by atoms with E-state index in [0.717, 1.165) is 28.1 Å². The van der Waals surface area contributed by atoms with Crippen LogP contribution in [-0.4, -0.2) is 62.0 Å². The van der Waals surface area contributed by atoms with Gasteiger partial charge in [0.25, 0.3) is 0 Å². The van der Waals surface area contributed by atoms with Crippen LogP contribution < -0.4 is 4.90 Å². The van der Waals surface area contributed by atoms with Crippen LogP contribution in [0.15, 0.2) is 72.5 Å². The van der Waals surface area contributed by atoms with Crippen molar-refractivity contribution in [1.82, 2.24) is 29.3 Å². The lowest BCUT2D eigenvalue weighted by Crippen LogP contribution is -2.47. The summed E-state index contributed by atoms with van der Waals surface area (Å²) in [4.78, 5) is 8.82. The van der Waals surface area contributed by atoms with Gasteiger partial charge in [0.2, 0.25) is 0 Å². The first-order chi connectivity index (χ1) is 18.9. The molecule has 4 aromatic heterocycles. The van der Waals surface area contributed by atoms with Crippen molar-refractivity contribution in [2.24, 2.45) is 7.05 Å². The van der Waals surface area contributed by atoms with Crippen LogP contribution in [0.1, 0.15) is 12.5 Å². The smallest absolute Gasteiger partial charge is 0.180 e. The molecule has 1 fully saturated rings. The summed E-state index contributed by atoms with van der Waals surface area (Å²) in [5, 5.41) is 18.3. The maximum Gasteiger partial charge on any atom is 0.180 e. The van der Waals surface area contributed by atoms with Gasteiger partial charge in [-0.25, -0.2) is 13.9 Å². The van der Waals surface area contributed by atoms with E-state index in [1.165, 1.54) is 13.0 Å². The number of hydrogen-bond acceptors (Lipinski definition) is 6. The lowest BCUT2D eigenvalue weighted by Gasteiger charge is -2.35. The van der Waals surface area contributed by atoms with E-state index in [4.69, 9.17) is 11.4 Å². The van der Waals surface area contributed by atoms with Gasteiger partial charge >= 0.3 is 0 Å². The number of nitrogens with zero attached hydrogens (tertiary/aromatic N) is 8. The summed E-state index contributed by atoms with van der Waals surface area (Å²) in [5.41, 5.74) is 4.65. The molecule has 5 rings (SSSR count). The van der Waals surface area contributed by atoms with Crippen LogP contribution in [0.25, 0.3) is 27.8 Å². The van der Waals surface area contributed by atoms with Crippen LogP contribution in [0.4, 0.5) is 14.6 Å². The predicted molar refractivity (Wildman–Crippen MR) is 146 cm³/mol. The Morgan fingerprint density at radius 1 is 1.05 bits per heavy atom. The van der Waals surface area contributed by atoms with Crippen LogP contribution >= 0.6 is 0 Å². The molecule has 0 amide bonds. The van der Waals surface area contributed by atoms with Crippen molar-refractivity contribution in [3.8, 4) is 40.7 Å². The number of halogens is 2. The molecule has 10 heteroatoms. The average molecular weight is 525 g/mol. The molecule has 0 N–H and O–H groups in total. The Morgan fingerprint density at radius 3 is 2.46 bits per heavy atom. The van der Waals surface area contributed by atoms with Gasteiger partial charge in [-0.1, -0.05) is 6.08 Å². The molecule has 0 atom stereocenters. The molecule has 0 radical (unpaired) electrons. The van der Waals surface area contributed by atoms with E-state index in [9.17, 15) is 14.0 Å². The summed E-state index contributed by atoms with van der Waals surface area (Å²) >= 11 is 0. The largest absolute Gasteiger partial charge is 0.354 e. The van der Waals surface area contributed by atoms with Gasteiger partial charge in [-0.15, -0.1) is 6.42 Å². The van der Waals surface area contributed by atoms with Gasteiger partial charge in [-0.2, -0.15) is 19.8 Å². The second-order valence-corrected chi connectivity index (χ2v) is 9.25. The maximum atomic E-state index is 14.1. The first kappa shape index (κ1) is 25.8. The molecular weight excluding hydrogens is 498 g/mol. The fraction of sp³-hybridized carbons (Fsp3) is 0.241. The Balaban J connectivity index is 1.37. The van der Waals surface area contributed by atoms with Crippen LogP contribution in [0.3, 0.4) is 0 Å². The molecule has 5 heterocycles. The van der Waals surface area contributed by atoms with E-state index in [0.29, 0.717) is 37.3 Å². The highest BCUT2D eigenvalue weighted by atomic mass is 19.1. The Hall–Kier alpha value is -4.80. The number of anilines is 1. The summed E-state index contributed by atoms with van der Waals surface area (Å²) in [7, 11) is 1.86. The number of hydrogen-bond donors (Lipinski definition) is 0. The number of aromatic nitrogens is 5. The van der Waals surface area contributed by atoms with Crippen molar-refractivity contribution in [3.63, 3.8) is 0 Å². The normalized spacial score (nSPS) is 15.2. The molecule has 4 aromatic rings. The number of aryl methyl sites for hydroxylation is 1. The van der Waals surface area contributed by atoms with Gasteiger partial charge in [0.05, 0.1) is 23.5 Å². The number of terminal acetylenes is 1. The highest BCUT2D eigenvalue weighted by Gasteiger charge is 2.22. The summed E-state index contributed by atoms with van der Waals surface area (Å²) in [6, 6.07) is 8.18. The summed E-state index contributed by atoms with van der Waals surface area (Å²) < 4.78 is 31.6. The highest BCUT2D eigenvalue weighted by molar-refractivity contribution is 5.87. The van der Waals surface area contributed by atoms with Crippen molar-refractivity contribution in [2.75, 3.05) is 37.6 Å². The molecule has 1 saturated heterocycles. The van der Waals surface area contributed by atoms with E-state index in [2.05, 4.69) is 21.2 Å². The van der Waals surface area contributed by atoms with Crippen LogP contribution in [-0.2, 0) is 7.05 Å². The van der Waals surface area contributed by atoms with E-state index in [1.54, 1.807) is 27.8 Å². The number of nitriles is 1. The number of piperazine rings is 1. The van der Waals surface area contributed by atoms with Gasteiger partial charge in [-0.05, 0) is 31.0 Å². The van der Waals surface area contributed by atoms with E-state index >= 15 is 0 Å². The third kappa shape index (κ3) is 5.15. The Kier molecular flexibility index (Phi) is 7.22. The maximum absolute atomic E-state index is 14.1. The standard InChI is InChI=1S/C29H26F2N8/c1-4-26(30)25(27(31)5-2)19-37-8-10-38(11-9-37)28-7-6-20(14-33-28)24-12-21(23-16-34-36(3)17-23)18-39-29(24)22(13-32)15-35-39/h1,5-7,12,14-18H,8-11,19H2,2-3H3/b26-25+,27-5+. The minimum Gasteiger partial charge on any atom is -0.354 e. The molecule has 0 saturated carbocycles. The van der Waals surface area contributed by atoms with Gasteiger partial charge < -0.3 is 4.90 Å². The predicted octanol–water partition coefficient (Wildman–Crippen LogP) is 4.52. The lowest BCUT2D eigenvalue weighted by atomic mass is 10.0. The molecule has 0 unspecified atom stereocenters. The third-order valence-corrected chi connectivity index (χ3v) is 6.84. The molecule has 196 valence electrons. The van der Waals surface area contributed by atoms with E-state index < -0.39 is 11.7 Å². The van der Waals surface area contributed by atoms with Gasteiger partial charge in [0, 0.05) is 86.2 Å². The molecule has 0 bridgehead atoms. The van der Waals surface area contributed by atoms with Crippen molar-refractivity contribution >= 4 is 11.3 Å². The molecular formula is C29H26F2N8. The van der Waals surface area contributed by atoms with E-state index in [-0.39, 0.29) is 12.1 Å². The number of rotatable bonds is 6. The van der Waals surface area contributed by atoms with Crippen LogP contribution in [0.2, 0.25) is 0 Å². The fourth-order valence-corrected chi connectivity index (χ4v) is 4.75. The minimum atomic E-state index is -0.871. The summed E-state index contributed by atoms with van der Waals surface area (Å²) in [6.45, 7) is 4.14. The monoisotopic (exact) mass is 524 g/mol. The average Bonchev–Trinajstić information content (AvgIpc) is 3.61. The summed E-state index contributed by atoms with van der Waals surface area (Å²) in [6.07, 6.45) is 15.3. The Labute approximate surface area is 225 Å². The molecule has 1 aliphatic rings. The zero-order valence-corrected chi connectivity index (χ0v) is 21.6. The van der Waals surface area contributed by atoms with Crippen molar-refractivity contribution in [3.05, 3.63) is 78.0 Å². The van der Waals surface area contributed by atoms with Gasteiger partial charge in [0.15, 0.2) is 5.83 Å². The number of fused-ring (bicyclic) bond motifs is 1. The Bertz CT molecular complexity index is 1660. The third-order valence-electron chi connectivity index (χ3n) is 6.84. The molecule has 39 heavy (non-hydrogen) atoms. The van der Waals surface area contributed by atoms with Gasteiger partial charge in [0.1, 0.15) is 17.7 Å². The SMILES string of the molecule is C#C/C(F)=C(CN1CCN(c2ccc(-c3cc(-c4cnn(C)c4)cn4ncc(C#N)c34)cn2)CC1)\C(F)=C/C. The second-order valence-electron chi connectivity index (χ2n) is 9.25. The molecule has 0 aromatic carbocycles. The Morgan fingerprint density at radius 2 is 1.85 bits per heavy atom. The van der Waals surface area contributed by atoms with Crippen molar-refractivity contribution < 1.29 is 8.78 Å². The number of pyridine rings is 2. The van der Waals surface area contributed by atoms with Crippen molar-refractivity contribution in [1.29, 1.82) is 5.26 Å². The minimum absolute atomic E-state index is 0.0904. The lowest BCUT2D eigenvalue weighted by molar-refractivity contribution is 0.274. The van der Waals surface area contributed by atoms with Crippen molar-refractivity contribution in [2.45, 2.75) is 6.92 Å². The fourth-order valence-electron chi connectivity index (χ4n) is 4.75. The van der Waals surface area contributed by atoms with Crippen LogP contribution in [0.5, 0.6) is 0 Å². The highest BCUT2D eigenvalue weighted by Crippen LogP contribution is 2.32. The topological polar surface area (TPSA) is 78.3 Å². The molecule has 1 aliphatic heterocycles. The summed E-state index contributed by atoms with van der Waals surface area (Å²) in [5.74, 6) is 1.21. The second kappa shape index (κ2) is 10.9. The van der Waals surface area contributed by atoms with E-state index in [1.807, 2.05) is 48.5 Å². The first-order valence-electron chi connectivity index (χ1n) is 12.4. The zero-order chi connectivity index (χ0) is 27.5.